The van der Waals surface area contributed by atoms with Crippen molar-refractivity contribution in [2.75, 3.05) is 19.7 Å². The number of aliphatic hydroxyl groups excluding tert-OH is 1. The maximum atomic E-state index is 14.3. The summed E-state index contributed by atoms with van der Waals surface area (Å²) in [6.45, 7) is 7.40. The number of allylic oxidation sites excluding steroid dienone is 1. The SMILES string of the molecule is CC1(C)CC2C(=Cc3ccc(C(=O)OC4CC(C(=O)N5CCCC5C(=O)NCCO)=CC5OC(c6ccccc6)(c6ccccc6)OC54)cc3)CCC3OC3(C)CCC21. The third-order valence-electron chi connectivity index (χ3n) is 14.0. The van der Waals surface area contributed by atoms with E-state index >= 15 is 0 Å². The predicted molar refractivity (Wildman–Crippen MR) is 222 cm³/mol. The van der Waals surface area contributed by atoms with Crippen molar-refractivity contribution in [1.82, 2.24) is 10.2 Å². The fraction of sp³-hybridized carbons (Fsp3) is 0.490. The molecule has 0 radical (unpaired) electrons. The molecule has 0 aromatic heterocycles. The number of ether oxygens (including phenoxy) is 4. The highest BCUT2D eigenvalue weighted by molar-refractivity contribution is 5.98. The number of fused-ring (bicyclic) bond motifs is 3. The van der Waals surface area contributed by atoms with E-state index in [2.05, 4.69) is 32.2 Å². The largest absolute Gasteiger partial charge is 0.456 e. The van der Waals surface area contributed by atoms with Gasteiger partial charge in [-0.05, 0) is 92.9 Å². The molecule has 10 heteroatoms. The highest BCUT2D eigenvalue weighted by Gasteiger charge is 2.57. The van der Waals surface area contributed by atoms with Crippen molar-refractivity contribution >= 4 is 23.9 Å². The molecule has 3 aliphatic carbocycles. The van der Waals surface area contributed by atoms with Crippen LogP contribution in [-0.2, 0) is 34.3 Å². The average Bonchev–Trinajstić information content (AvgIpc) is 3.54. The molecule has 10 nitrogen and oxygen atoms in total. The van der Waals surface area contributed by atoms with Gasteiger partial charge in [0.2, 0.25) is 17.6 Å². The summed E-state index contributed by atoms with van der Waals surface area (Å²) in [5.74, 6) is -1.24. The second-order valence-corrected chi connectivity index (χ2v) is 18.3. The number of carbonyl (C=O) groups is 3. The number of epoxide rings is 1. The molecule has 3 aromatic carbocycles. The van der Waals surface area contributed by atoms with E-state index in [1.807, 2.05) is 84.9 Å². The molecule has 8 unspecified atom stereocenters. The molecule has 8 atom stereocenters. The number of hydrogen-bond acceptors (Lipinski definition) is 8. The van der Waals surface area contributed by atoms with E-state index in [4.69, 9.17) is 18.9 Å². The Balaban J connectivity index is 0.984. The molecule has 3 saturated heterocycles. The highest BCUT2D eigenvalue weighted by atomic mass is 16.8. The minimum atomic E-state index is -1.33. The molecule has 2 amide bonds. The average molecular weight is 801 g/mol. The lowest BCUT2D eigenvalue weighted by atomic mass is 9.52. The van der Waals surface area contributed by atoms with Crippen LogP contribution in [0.3, 0.4) is 0 Å². The monoisotopic (exact) mass is 800 g/mol. The van der Waals surface area contributed by atoms with Gasteiger partial charge in [-0.2, -0.15) is 0 Å². The van der Waals surface area contributed by atoms with Gasteiger partial charge < -0.3 is 34.3 Å². The lowest BCUT2D eigenvalue weighted by molar-refractivity contribution is -0.157. The molecule has 5 fully saturated rings. The third kappa shape index (κ3) is 7.58. The van der Waals surface area contributed by atoms with Gasteiger partial charge >= 0.3 is 5.97 Å². The van der Waals surface area contributed by atoms with E-state index in [1.54, 1.807) is 11.0 Å². The Labute approximate surface area is 346 Å². The Morgan fingerprint density at radius 1 is 0.898 bits per heavy atom. The van der Waals surface area contributed by atoms with E-state index in [0.717, 1.165) is 36.0 Å². The minimum absolute atomic E-state index is 0.0316. The minimum Gasteiger partial charge on any atom is -0.456 e. The van der Waals surface area contributed by atoms with Crippen LogP contribution in [0.4, 0.5) is 0 Å². The van der Waals surface area contributed by atoms with E-state index < -0.39 is 36.1 Å². The maximum Gasteiger partial charge on any atom is 0.338 e. The number of rotatable bonds is 9. The Morgan fingerprint density at radius 2 is 1.61 bits per heavy atom. The number of likely N-dealkylation sites (tertiary alicyclic amines) is 1. The van der Waals surface area contributed by atoms with Crippen LogP contribution < -0.4 is 5.32 Å². The molecule has 2 N–H and O–H groups in total. The molecule has 59 heavy (non-hydrogen) atoms. The number of amides is 2. The fourth-order valence-corrected chi connectivity index (χ4v) is 10.7. The first-order valence-electron chi connectivity index (χ1n) is 21.5. The number of hydrogen-bond donors (Lipinski definition) is 2. The lowest BCUT2D eigenvalue weighted by Crippen LogP contribution is -2.49. The third-order valence-corrected chi connectivity index (χ3v) is 14.0. The first-order valence-corrected chi connectivity index (χ1v) is 21.5. The number of nitrogens with one attached hydrogen (secondary N) is 1. The van der Waals surface area contributed by atoms with E-state index in [-0.39, 0.29) is 37.0 Å². The van der Waals surface area contributed by atoms with Crippen LogP contribution in [0.25, 0.3) is 6.08 Å². The van der Waals surface area contributed by atoms with Gasteiger partial charge in [0.15, 0.2) is 0 Å². The summed E-state index contributed by atoms with van der Waals surface area (Å²) < 4.78 is 26.4. The first kappa shape index (κ1) is 39.8. The van der Waals surface area contributed by atoms with Gasteiger partial charge in [-0.15, -0.1) is 0 Å². The second kappa shape index (κ2) is 15.8. The molecule has 310 valence electrons. The standard InChI is InChI=1S/C49H56N2O8/c1-47(2)30-37-33(20-21-42-48(3,58-42)23-22-38(37)47)27-31-16-18-32(19-17-31)46(55)56-40-28-34(45(54)51-25-10-15-39(51)44(53)50-24-26-52)29-41-43(40)59-49(57-41,35-11-6-4-7-12-35)36-13-8-5-9-14-36/h4-9,11-14,16-19,27,29,37-43,52H,10,15,20-26,28,30H2,1-3H3,(H,50,53). The molecule has 3 aliphatic heterocycles. The number of aliphatic hydroxyl groups is 1. The van der Waals surface area contributed by atoms with Crippen LogP contribution in [0.1, 0.15) is 99.2 Å². The summed E-state index contributed by atoms with van der Waals surface area (Å²) in [4.78, 5) is 43.1. The summed E-state index contributed by atoms with van der Waals surface area (Å²) >= 11 is 0. The Morgan fingerprint density at radius 3 is 2.29 bits per heavy atom. The summed E-state index contributed by atoms with van der Waals surface area (Å²) in [7, 11) is 0. The molecule has 3 aromatic rings. The summed E-state index contributed by atoms with van der Waals surface area (Å²) in [5, 5.41) is 12.0. The van der Waals surface area contributed by atoms with Crippen molar-refractivity contribution in [3.05, 3.63) is 124 Å². The summed E-state index contributed by atoms with van der Waals surface area (Å²) in [6.07, 6.45) is 8.93. The van der Waals surface area contributed by atoms with Crippen molar-refractivity contribution in [3.8, 4) is 0 Å². The zero-order valence-electron chi connectivity index (χ0n) is 34.3. The molecule has 9 rings (SSSR count). The van der Waals surface area contributed by atoms with Gasteiger partial charge in [0.1, 0.15) is 24.4 Å². The number of carbonyl (C=O) groups excluding carboxylic acids is 3. The van der Waals surface area contributed by atoms with Crippen LogP contribution in [0.15, 0.2) is 102 Å². The van der Waals surface area contributed by atoms with Crippen molar-refractivity contribution in [2.24, 2.45) is 17.3 Å². The van der Waals surface area contributed by atoms with Crippen molar-refractivity contribution in [2.45, 2.75) is 114 Å². The van der Waals surface area contributed by atoms with Crippen molar-refractivity contribution < 1.29 is 38.4 Å². The fourth-order valence-electron chi connectivity index (χ4n) is 10.7. The lowest BCUT2D eigenvalue weighted by Gasteiger charge is -2.53. The molecule has 0 bridgehead atoms. The van der Waals surface area contributed by atoms with E-state index in [9.17, 15) is 19.5 Å². The topological polar surface area (TPSA) is 127 Å². The number of esters is 1. The van der Waals surface area contributed by atoms with Crippen LogP contribution in [-0.4, -0.2) is 83.5 Å². The van der Waals surface area contributed by atoms with Crippen LogP contribution in [0.5, 0.6) is 0 Å². The van der Waals surface area contributed by atoms with Gasteiger partial charge in [0, 0.05) is 36.2 Å². The van der Waals surface area contributed by atoms with Crippen molar-refractivity contribution in [3.63, 3.8) is 0 Å². The predicted octanol–water partition coefficient (Wildman–Crippen LogP) is 7.10. The molecule has 6 aliphatic rings. The zero-order valence-corrected chi connectivity index (χ0v) is 34.3. The van der Waals surface area contributed by atoms with Gasteiger partial charge in [0.25, 0.3) is 0 Å². The van der Waals surface area contributed by atoms with Gasteiger partial charge in [-0.3, -0.25) is 9.59 Å². The van der Waals surface area contributed by atoms with E-state index in [0.29, 0.717) is 53.9 Å². The second-order valence-electron chi connectivity index (χ2n) is 18.3. The molecule has 3 heterocycles. The first-order chi connectivity index (χ1) is 28.5. The quantitative estimate of drug-likeness (QED) is 0.173. The Bertz CT molecular complexity index is 2080. The van der Waals surface area contributed by atoms with E-state index in [1.165, 1.54) is 18.4 Å². The molecular formula is C49H56N2O8. The Kier molecular flexibility index (Phi) is 10.6. The van der Waals surface area contributed by atoms with Crippen LogP contribution in [0, 0.1) is 17.3 Å². The molecule has 2 saturated carbocycles. The van der Waals surface area contributed by atoms with Gasteiger partial charge in [0.05, 0.1) is 23.9 Å². The molecular weight excluding hydrogens is 745 g/mol. The van der Waals surface area contributed by atoms with Crippen LogP contribution in [0.2, 0.25) is 0 Å². The molecule has 0 spiro atoms. The van der Waals surface area contributed by atoms with Crippen molar-refractivity contribution in [1.29, 1.82) is 0 Å². The normalized spacial score (nSPS) is 32.2. The van der Waals surface area contributed by atoms with Gasteiger partial charge in [-0.1, -0.05) is 98.3 Å². The summed E-state index contributed by atoms with van der Waals surface area (Å²) in [6, 6.07) is 26.3. The van der Waals surface area contributed by atoms with Gasteiger partial charge in [-0.25, -0.2) is 4.79 Å². The zero-order chi connectivity index (χ0) is 40.9. The summed E-state index contributed by atoms with van der Waals surface area (Å²) in [5.41, 5.74) is 5.23. The smallest absolute Gasteiger partial charge is 0.338 e. The highest BCUT2D eigenvalue weighted by Crippen LogP contribution is 2.60. The number of benzene rings is 3. The maximum absolute atomic E-state index is 14.3. The number of nitrogens with zero attached hydrogens (tertiary/aromatic N) is 1. The van der Waals surface area contributed by atoms with Crippen LogP contribution >= 0.6 is 0 Å². The Hall–Kier alpha value is -4.61.